The summed E-state index contributed by atoms with van der Waals surface area (Å²) in [6.45, 7) is 4.17. The lowest BCUT2D eigenvalue weighted by molar-refractivity contribution is -0.125. The quantitative estimate of drug-likeness (QED) is 0.685. The molecule has 96 valence electrons. The molecule has 2 atom stereocenters. The molecule has 0 amide bonds. The number of hydrogen-bond donors (Lipinski definition) is 0. The fraction of sp³-hybridized carbons (Fsp3) is 0.471. The minimum atomic E-state index is 0.132. The Morgan fingerprint density at radius 2 is 1.44 bits per heavy atom. The molecule has 2 aliphatic carbocycles. The second kappa shape index (κ2) is 5.99. The summed E-state index contributed by atoms with van der Waals surface area (Å²) in [5.74, 6) is 1.68. The maximum atomic E-state index is 12.3. The third kappa shape index (κ3) is 2.55. The van der Waals surface area contributed by atoms with E-state index in [-0.39, 0.29) is 5.92 Å². The molecule has 0 N–H and O–H groups in total. The fourth-order valence-corrected chi connectivity index (χ4v) is 3.16. The Morgan fingerprint density at radius 3 is 1.89 bits per heavy atom. The number of carbonyl (C=O) groups excluding carboxylic acids is 1. The number of hydrogen-bond acceptors (Lipinski definition) is 1. The average molecular weight is 242 g/mol. The maximum absolute atomic E-state index is 12.3. The van der Waals surface area contributed by atoms with Gasteiger partial charge in [-0.05, 0) is 11.8 Å². The minimum Gasteiger partial charge on any atom is -0.299 e. The highest BCUT2D eigenvalue weighted by atomic mass is 16.1. The molecule has 2 rings (SSSR count). The standard InChI is InChI=1S/C17H22O/c1-3-15(13-9-5-6-10-13)17(16(18)4-2)14-11-7-8-12-14/h5-15,17H,3-4H2,1-2H3. The Balaban J connectivity index is 2.23. The van der Waals surface area contributed by atoms with Crippen LogP contribution in [0, 0.1) is 23.7 Å². The van der Waals surface area contributed by atoms with E-state index in [1.165, 1.54) is 0 Å². The van der Waals surface area contributed by atoms with Gasteiger partial charge in [-0.1, -0.05) is 68.9 Å². The van der Waals surface area contributed by atoms with Gasteiger partial charge >= 0.3 is 0 Å². The second-order valence-electron chi connectivity index (χ2n) is 5.11. The van der Waals surface area contributed by atoms with Crippen LogP contribution in [0.1, 0.15) is 26.7 Å². The molecule has 0 saturated heterocycles. The Bertz CT molecular complexity index is 387. The molecule has 0 aliphatic heterocycles. The first-order valence-corrected chi connectivity index (χ1v) is 7.00. The Kier molecular flexibility index (Phi) is 4.35. The number of Topliss-reactive ketones (excluding diaryl/α,β-unsaturated/α-hetero) is 1. The van der Waals surface area contributed by atoms with Crippen LogP contribution in [0.3, 0.4) is 0 Å². The van der Waals surface area contributed by atoms with Gasteiger partial charge in [0, 0.05) is 18.3 Å². The topological polar surface area (TPSA) is 17.1 Å². The molecular weight excluding hydrogens is 220 g/mol. The molecule has 0 bridgehead atoms. The van der Waals surface area contributed by atoms with Crippen molar-refractivity contribution in [1.82, 2.24) is 0 Å². The van der Waals surface area contributed by atoms with E-state index in [1.54, 1.807) is 0 Å². The van der Waals surface area contributed by atoms with Crippen LogP contribution in [0.25, 0.3) is 0 Å². The van der Waals surface area contributed by atoms with Crippen molar-refractivity contribution >= 4 is 5.78 Å². The average Bonchev–Trinajstić information content (AvgIpc) is 3.07. The predicted octanol–water partition coefficient (Wildman–Crippen LogP) is 4.09. The molecule has 0 aromatic carbocycles. The van der Waals surface area contributed by atoms with Crippen molar-refractivity contribution < 1.29 is 4.79 Å². The van der Waals surface area contributed by atoms with Crippen LogP contribution in [0.2, 0.25) is 0 Å². The van der Waals surface area contributed by atoms with Gasteiger partial charge < -0.3 is 0 Å². The van der Waals surface area contributed by atoms with Crippen LogP contribution in [0.4, 0.5) is 0 Å². The molecule has 0 spiro atoms. The van der Waals surface area contributed by atoms with Crippen LogP contribution in [0.5, 0.6) is 0 Å². The van der Waals surface area contributed by atoms with E-state index in [0.717, 1.165) is 6.42 Å². The molecule has 18 heavy (non-hydrogen) atoms. The molecule has 0 heterocycles. The molecule has 0 aromatic rings. The monoisotopic (exact) mass is 242 g/mol. The zero-order valence-corrected chi connectivity index (χ0v) is 11.3. The third-order valence-electron chi connectivity index (χ3n) is 4.12. The number of rotatable bonds is 6. The summed E-state index contributed by atoms with van der Waals surface area (Å²) >= 11 is 0. The van der Waals surface area contributed by atoms with Crippen LogP contribution in [-0.2, 0) is 4.79 Å². The molecular formula is C17H22O. The maximum Gasteiger partial charge on any atom is 0.136 e. The molecule has 2 aliphatic rings. The highest BCUT2D eigenvalue weighted by Crippen LogP contribution is 2.37. The van der Waals surface area contributed by atoms with E-state index in [1.807, 2.05) is 6.92 Å². The number of allylic oxidation sites excluding steroid dienone is 8. The summed E-state index contributed by atoms with van der Waals surface area (Å²) in [5.41, 5.74) is 0. The van der Waals surface area contributed by atoms with Crippen molar-refractivity contribution in [3.8, 4) is 0 Å². The lowest BCUT2D eigenvalue weighted by Crippen LogP contribution is -2.32. The van der Waals surface area contributed by atoms with Gasteiger partial charge in [-0.25, -0.2) is 0 Å². The van der Waals surface area contributed by atoms with Gasteiger partial charge in [-0.15, -0.1) is 0 Å². The highest BCUT2D eigenvalue weighted by Gasteiger charge is 2.35. The first kappa shape index (κ1) is 13.1. The van der Waals surface area contributed by atoms with Crippen molar-refractivity contribution in [1.29, 1.82) is 0 Å². The van der Waals surface area contributed by atoms with E-state index in [0.29, 0.717) is 30.0 Å². The smallest absolute Gasteiger partial charge is 0.136 e. The van der Waals surface area contributed by atoms with Crippen LogP contribution in [0.15, 0.2) is 48.6 Å². The van der Waals surface area contributed by atoms with Crippen molar-refractivity contribution in [3.63, 3.8) is 0 Å². The minimum absolute atomic E-state index is 0.132. The Morgan fingerprint density at radius 1 is 0.944 bits per heavy atom. The first-order chi connectivity index (χ1) is 8.77. The van der Waals surface area contributed by atoms with Gasteiger partial charge in [0.05, 0.1) is 0 Å². The predicted molar refractivity (Wildman–Crippen MR) is 76.1 cm³/mol. The molecule has 0 saturated carbocycles. The zero-order chi connectivity index (χ0) is 13.0. The summed E-state index contributed by atoms with van der Waals surface area (Å²) < 4.78 is 0. The molecule has 1 nitrogen and oxygen atoms in total. The number of ketones is 1. The van der Waals surface area contributed by atoms with Crippen molar-refractivity contribution in [2.45, 2.75) is 26.7 Å². The SMILES string of the molecule is CCC(=O)C(C1C=CC=C1)C(CC)C1C=CC=C1. The Labute approximate surface area is 110 Å². The molecule has 1 heteroatoms. The molecule has 0 aromatic heterocycles. The van der Waals surface area contributed by atoms with Gasteiger partial charge in [0.1, 0.15) is 5.78 Å². The summed E-state index contributed by atoms with van der Waals surface area (Å²) in [6.07, 6.45) is 18.8. The van der Waals surface area contributed by atoms with Gasteiger partial charge in [0.25, 0.3) is 0 Å². The lowest BCUT2D eigenvalue weighted by atomic mass is 9.71. The highest BCUT2D eigenvalue weighted by molar-refractivity contribution is 5.82. The summed E-state index contributed by atoms with van der Waals surface area (Å²) in [4.78, 5) is 12.3. The van der Waals surface area contributed by atoms with Gasteiger partial charge in [0.15, 0.2) is 0 Å². The lowest BCUT2D eigenvalue weighted by Gasteiger charge is -2.31. The normalized spacial score (nSPS) is 21.9. The van der Waals surface area contributed by atoms with E-state index in [9.17, 15) is 4.79 Å². The fourth-order valence-electron chi connectivity index (χ4n) is 3.16. The van der Waals surface area contributed by atoms with Crippen molar-refractivity contribution in [3.05, 3.63) is 48.6 Å². The van der Waals surface area contributed by atoms with Gasteiger partial charge in [-0.2, -0.15) is 0 Å². The number of carbonyl (C=O) groups is 1. The van der Waals surface area contributed by atoms with Crippen molar-refractivity contribution in [2.24, 2.45) is 23.7 Å². The van der Waals surface area contributed by atoms with Gasteiger partial charge in [-0.3, -0.25) is 4.79 Å². The summed E-state index contributed by atoms with van der Waals surface area (Å²) in [5, 5.41) is 0. The first-order valence-electron chi connectivity index (χ1n) is 7.00. The van der Waals surface area contributed by atoms with E-state index in [4.69, 9.17) is 0 Å². The van der Waals surface area contributed by atoms with E-state index < -0.39 is 0 Å². The van der Waals surface area contributed by atoms with Crippen LogP contribution in [-0.4, -0.2) is 5.78 Å². The Hall–Kier alpha value is -1.37. The molecule has 0 radical (unpaired) electrons. The van der Waals surface area contributed by atoms with E-state index >= 15 is 0 Å². The van der Waals surface area contributed by atoms with Gasteiger partial charge in [0.2, 0.25) is 0 Å². The summed E-state index contributed by atoms with van der Waals surface area (Å²) in [6, 6.07) is 0. The van der Waals surface area contributed by atoms with E-state index in [2.05, 4.69) is 55.5 Å². The molecule has 0 fully saturated rings. The third-order valence-corrected chi connectivity index (χ3v) is 4.12. The van der Waals surface area contributed by atoms with Crippen LogP contribution < -0.4 is 0 Å². The van der Waals surface area contributed by atoms with Crippen LogP contribution >= 0.6 is 0 Å². The largest absolute Gasteiger partial charge is 0.299 e. The van der Waals surface area contributed by atoms with Crippen molar-refractivity contribution in [2.75, 3.05) is 0 Å². The summed E-state index contributed by atoms with van der Waals surface area (Å²) in [7, 11) is 0. The zero-order valence-electron chi connectivity index (χ0n) is 11.3. The molecule has 2 unspecified atom stereocenters. The second-order valence-corrected chi connectivity index (χ2v) is 5.11.